The Bertz CT molecular complexity index is 776. The van der Waals surface area contributed by atoms with Crippen LogP contribution >= 0.6 is 11.3 Å². The van der Waals surface area contributed by atoms with Crippen molar-refractivity contribution in [1.29, 1.82) is 0 Å². The minimum absolute atomic E-state index is 0.0306. The maximum absolute atomic E-state index is 12.4. The lowest BCUT2D eigenvalue weighted by Crippen LogP contribution is -2.42. The van der Waals surface area contributed by atoms with Gasteiger partial charge >= 0.3 is 0 Å². The molecule has 2 aromatic rings. The number of nitrogens with zero attached hydrogens (tertiary/aromatic N) is 4. The molecular weight excluding hydrogens is 272 g/mol. The number of aromatic nitrogens is 1. The quantitative estimate of drug-likeness (QED) is 0.796. The molecule has 0 amide bonds. The van der Waals surface area contributed by atoms with E-state index in [1.54, 1.807) is 4.57 Å². The molecule has 0 radical (unpaired) electrons. The van der Waals surface area contributed by atoms with Crippen LogP contribution in [0.3, 0.4) is 0 Å². The molecule has 0 spiro atoms. The zero-order valence-corrected chi connectivity index (χ0v) is 12.3. The van der Waals surface area contributed by atoms with Crippen molar-refractivity contribution in [3.63, 3.8) is 0 Å². The Labute approximate surface area is 120 Å². The second-order valence-electron chi connectivity index (χ2n) is 4.89. The van der Waals surface area contributed by atoms with Crippen LogP contribution < -0.4 is 19.8 Å². The van der Waals surface area contributed by atoms with Gasteiger partial charge in [-0.1, -0.05) is 29.5 Å². The van der Waals surface area contributed by atoms with Gasteiger partial charge in [0.2, 0.25) is 0 Å². The number of anilines is 1. The Morgan fingerprint density at radius 1 is 1.30 bits per heavy atom. The highest BCUT2D eigenvalue weighted by atomic mass is 32.1. The summed E-state index contributed by atoms with van der Waals surface area (Å²) in [5.41, 5.74) is 1.11. The van der Waals surface area contributed by atoms with Crippen molar-refractivity contribution in [3.8, 4) is 0 Å². The van der Waals surface area contributed by atoms with Gasteiger partial charge in [-0.3, -0.25) is 9.36 Å². The number of para-hydroxylation sites is 1. The molecule has 0 aliphatic carbocycles. The van der Waals surface area contributed by atoms with Crippen LogP contribution in [0.4, 0.5) is 5.69 Å². The molecule has 0 saturated carbocycles. The van der Waals surface area contributed by atoms with Crippen molar-refractivity contribution in [2.24, 2.45) is 4.99 Å². The summed E-state index contributed by atoms with van der Waals surface area (Å²) in [5.74, 6) is 0. The predicted octanol–water partition coefficient (Wildman–Crippen LogP) is 0.264. The monoisotopic (exact) mass is 288 g/mol. The molecule has 1 aliphatic rings. The van der Waals surface area contributed by atoms with E-state index in [-0.39, 0.29) is 5.56 Å². The van der Waals surface area contributed by atoms with Crippen LogP contribution in [0.15, 0.2) is 40.1 Å². The third-order valence-electron chi connectivity index (χ3n) is 3.07. The fraction of sp³-hybridized carbons (Fsp3) is 0.286. The molecule has 0 unspecified atom stereocenters. The molecule has 2 heterocycles. The highest BCUT2D eigenvalue weighted by Crippen LogP contribution is 2.14. The first-order valence-electron chi connectivity index (χ1n) is 6.37. The van der Waals surface area contributed by atoms with E-state index in [0.717, 1.165) is 15.0 Å². The molecule has 1 aliphatic heterocycles. The molecule has 5 nitrogen and oxygen atoms in total. The van der Waals surface area contributed by atoms with Gasteiger partial charge in [-0.25, -0.2) is 4.99 Å². The fourth-order valence-electron chi connectivity index (χ4n) is 2.14. The fourth-order valence-corrected chi connectivity index (χ4v) is 3.17. The van der Waals surface area contributed by atoms with Crippen molar-refractivity contribution in [2.45, 2.75) is 6.67 Å². The molecule has 20 heavy (non-hydrogen) atoms. The van der Waals surface area contributed by atoms with Crippen LogP contribution in [0.1, 0.15) is 0 Å². The van der Waals surface area contributed by atoms with Crippen molar-refractivity contribution in [2.75, 3.05) is 25.7 Å². The maximum Gasteiger partial charge on any atom is 0.273 e. The van der Waals surface area contributed by atoms with Crippen LogP contribution in [0.5, 0.6) is 0 Å². The summed E-state index contributed by atoms with van der Waals surface area (Å²) >= 11 is 1.45. The van der Waals surface area contributed by atoms with Crippen LogP contribution in [-0.4, -0.2) is 30.2 Å². The summed E-state index contributed by atoms with van der Waals surface area (Å²) in [6.07, 6.45) is 1.85. The van der Waals surface area contributed by atoms with Crippen molar-refractivity contribution < 1.29 is 0 Å². The van der Waals surface area contributed by atoms with Crippen molar-refractivity contribution in [1.82, 2.24) is 9.47 Å². The van der Waals surface area contributed by atoms with Gasteiger partial charge in [-0.15, -0.1) is 0 Å². The second-order valence-corrected chi connectivity index (χ2v) is 5.90. The Hall–Kier alpha value is -2.08. The lowest BCUT2D eigenvalue weighted by molar-refractivity contribution is 0.567. The van der Waals surface area contributed by atoms with Gasteiger partial charge in [-0.2, -0.15) is 0 Å². The van der Waals surface area contributed by atoms with E-state index < -0.39 is 0 Å². The lowest BCUT2D eigenvalue weighted by Gasteiger charge is -2.25. The zero-order valence-electron chi connectivity index (χ0n) is 11.5. The minimum atomic E-state index is 0.0306. The van der Waals surface area contributed by atoms with Gasteiger partial charge in [0.1, 0.15) is 17.9 Å². The zero-order chi connectivity index (χ0) is 14.1. The number of fused-ring (bicyclic) bond motifs is 1. The third kappa shape index (κ3) is 2.34. The largest absolute Gasteiger partial charge is 0.382 e. The van der Waals surface area contributed by atoms with Crippen molar-refractivity contribution >= 4 is 23.2 Å². The Morgan fingerprint density at radius 2 is 2.05 bits per heavy atom. The average molecular weight is 288 g/mol. The van der Waals surface area contributed by atoms with E-state index in [1.807, 2.05) is 55.5 Å². The number of benzene rings is 1. The predicted molar refractivity (Wildman–Crippen MR) is 81.3 cm³/mol. The Balaban J connectivity index is 2.01. The first-order chi connectivity index (χ1) is 9.65. The van der Waals surface area contributed by atoms with Crippen LogP contribution in [0.25, 0.3) is 6.20 Å². The molecule has 0 fully saturated rings. The Morgan fingerprint density at radius 3 is 2.75 bits per heavy atom. The van der Waals surface area contributed by atoms with Gasteiger partial charge in [0.15, 0.2) is 4.80 Å². The summed E-state index contributed by atoms with van der Waals surface area (Å²) in [5, 5.41) is 0. The molecule has 1 aromatic heterocycles. The summed E-state index contributed by atoms with van der Waals surface area (Å²) in [4.78, 5) is 21.6. The van der Waals surface area contributed by atoms with Crippen molar-refractivity contribution in [3.05, 3.63) is 50.0 Å². The topological polar surface area (TPSA) is 40.8 Å². The summed E-state index contributed by atoms with van der Waals surface area (Å²) in [7, 11) is 3.83. The summed E-state index contributed by atoms with van der Waals surface area (Å²) in [6, 6.07) is 10.0. The summed E-state index contributed by atoms with van der Waals surface area (Å²) < 4.78 is 2.46. The highest BCUT2D eigenvalue weighted by Gasteiger charge is 2.15. The molecule has 0 N–H and O–H groups in total. The molecule has 0 bridgehead atoms. The molecule has 1 aromatic carbocycles. The lowest BCUT2D eigenvalue weighted by atomic mass is 10.3. The van der Waals surface area contributed by atoms with E-state index >= 15 is 0 Å². The second kappa shape index (κ2) is 5.13. The van der Waals surface area contributed by atoms with E-state index in [1.165, 1.54) is 11.3 Å². The molecular formula is C14H16N4OS. The standard InChI is InChI=1S/C14H16N4OS/c1-16(2)8-12-13(19)18-10-17(9-15-14(18)20-12)11-6-4-3-5-7-11/h3-8H,9-10H2,1-2H3/b12-8-. The van der Waals surface area contributed by atoms with Gasteiger partial charge in [-0.05, 0) is 12.1 Å². The normalized spacial score (nSPS) is 14.9. The minimum Gasteiger partial charge on any atom is -0.382 e. The van der Waals surface area contributed by atoms with Crippen LogP contribution in [0, 0.1) is 0 Å². The molecule has 0 saturated heterocycles. The highest BCUT2D eigenvalue weighted by molar-refractivity contribution is 7.06. The molecule has 3 rings (SSSR count). The number of rotatable bonds is 2. The van der Waals surface area contributed by atoms with Gasteiger partial charge in [0.25, 0.3) is 5.56 Å². The van der Waals surface area contributed by atoms with Gasteiger partial charge in [0.05, 0.1) is 0 Å². The van der Waals surface area contributed by atoms with Crippen LogP contribution in [-0.2, 0) is 6.67 Å². The summed E-state index contributed by atoms with van der Waals surface area (Å²) in [6.45, 7) is 1.14. The van der Waals surface area contributed by atoms with Crippen LogP contribution in [0.2, 0.25) is 0 Å². The smallest absolute Gasteiger partial charge is 0.273 e. The van der Waals surface area contributed by atoms with Gasteiger partial charge in [0, 0.05) is 26.0 Å². The van der Waals surface area contributed by atoms with E-state index in [0.29, 0.717) is 13.3 Å². The first kappa shape index (κ1) is 12.9. The first-order valence-corrected chi connectivity index (χ1v) is 7.19. The Kier molecular flexibility index (Phi) is 3.31. The molecule has 104 valence electrons. The number of hydrogen-bond donors (Lipinski definition) is 0. The molecule has 0 atom stereocenters. The van der Waals surface area contributed by atoms with E-state index in [4.69, 9.17) is 0 Å². The van der Waals surface area contributed by atoms with E-state index in [2.05, 4.69) is 9.89 Å². The van der Waals surface area contributed by atoms with Gasteiger partial charge < -0.3 is 9.80 Å². The van der Waals surface area contributed by atoms with E-state index in [9.17, 15) is 4.79 Å². The number of hydrogen-bond acceptors (Lipinski definition) is 5. The third-order valence-corrected chi connectivity index (χ3v) is 4.11. The molecule has 6 heteroatoms. The maximum atomic E-state index is 12.4. The average Bonchev–Trinajstić information content (AvgIpc) is 2.75. The SMILES string of the molecule is CN(C)/C=c1\sc2n(c1=O)CN(c1ccccc1)CN=2. The number of thiazole rings is 1.